The van der Waals surface area contributed by atoms with Crippen molar-refractivity contribution >= 4 is 0 Å². The fraction of sp³-hybridized carbons (Fsp3) is 0.920. The topological polar surface area (TPSA) is 40.5 Å². The lowest BCUT2D eigenvalue weighted by molar-refractivity contribution is -0.108. The molecule has 154 valence electrons. The largest absolute Gasteiger partial charge is 0.393 e. The number of hydrogen-bond acceptors (Lipinski definition) is 2. The molecule has 4 aliphatic carbocycles. The van der Waals surface area contributed by atoms with Crippen molar-refractivity contribution < 1.29 is 10.2 Å². The van der Waals surface area contributed by atoms with Gasteiger partial charge in [-0.15, -0.1) is 0 Å². The van der Waals surface area contributed by atoms with Crippen LogP contribution in [0.4, 0.5) is 0 Å². The van der Waals surface area contributed by atoms with Crippen LogP contribution in [0.2, 0.25) is 0 Å². The van der Waals surface area contributed by atoms with Crippen LogP contribution in [-0.4, -0.2) is 21.9 Å². The van der Waals surface area contributed by atoms with Gasteiger partial charge >= 0.3 is 0 Å². The van der Waals surface area contributed by atoms with Crippen LogP contribution in [0, 0.1) is 40.4 Å². The molecule has 0 aromatic rings. The normalized spacial score (nSPS) is 49.0. The van der Waals surface area contributed by atoms with Gasteiger partial charge < -0.3 is 10.2 Å². The molecule has 2 heteroatoms. The highest BCUT2D eigenvalue weighted by Crippen LogP contribution is 2.67. The molecule has 0 saturated heterocycles. The molecule has 2 nitrogen and oxygen atoms in total. The lowest BCUT2D eigenvalue weighted by Crippen LogP contribution is -2.53. The van der Waals surface area contributed by atoms with Crippen LogP contribution in [0.5, 0.6) is 0 Å². The smallest absolute Gasteiger partial charge is 0.0655 e. The maximum Gasteiger partial charge on any atom is 0.0655 e. The van der Waals surface area contributed by atoms with Gasteiger partial charge in [0, 0.05) is 0 Å². The van der Waals surface area contributed by atoms with Gasteiger partial charge in [-0.3, -0.25) is 0 Å². The summed E-state index contributed by atoms with van der Waals surface area (Å²) in [4.78, 5) is 0. The molecule has 2 N–H and O–H groups in total. The fourth-order valence-corrected chi connectivity index (χ4v) is 8.63. The highest BCUT2D eigenvalue weighted by atomic mass is 16.3. The molecule has 0 aromatic carbocycles. The molecule has 3 fully saturated rings. The van der Waals surface area contributed by atoms with E-state index < -0.39 is 5.60 Å². The molecule has 0 amide bonds. The zero-order valence-corrected chi connectivity index (χ0v) is 18.3. The van der Waals surface area contributed by atoms with Crippen molar-refractivity contribution in [3.63, 3.8) is 0 Å². The second-order valence-corrected chi connectivity index (χ2v) is 11.8. The summed E-state index contributed by atoms with van der Waals surface area (Å²) < 4.78 is 0. The minimum atomic E-state index is -0.529. The Morgan fingerprint density at radius 2 is 1.85 bits per heavy atom. The van der Waals surface area contributed by atoms with E-state index in [9.17, 15) is 10.2 Å². The van der Waals surface area contributed by atoms with Gasteiger partial charge in [0.25, 0.3) is 0 Å². The average molecular weight is 375 g/mol. The molecule has 0 heterocycles. The van der Waals surface area contributed by atoms with Gasteiger partial charge in [-0.05, 0) is 105 Å². The highest BCUT2D eigenvalue weighted by Gasteiger charge is 2.61. The third-order valence-corrected chi connectivity index (χ3v) is 9.65. The SMILES string of the molecule is CC(C)C[C@](C)(O)[C@H]1CC[C@H]2[C@@H]3CC=C4C[C@@H](O)CC[C@]4(C)[C@H]3CC[C@@]21C. The van der Waals surface area contributed by atoms with Crippen LogP contribution >= 0.6 is 0 Å². The second-order valence-electron chi connectivity index (χ2n) is 11.8. The summed E-state index contributed by atoms with van der Waals surface area (Å²) in [6.07, 6.45) is 12.7. The number of rotatable bonds is 3. The molecule has 27 heavy (non-hydrogen) atoms. The molecule has 0 unspecified atom stereocenters. The predicted molar refractivity (Wildman–Crippen MR) is 111 cm³/mol. The van der Waals surface area contributed by atoms with E-state index in [1.807, 2.05) is 0 Å². The summed E-state index contributed by atoms with van der Waals surface area (Å²) in [6.45, 7) is 11.6. The molecule has 3 saturated carbocycles. The molecule has 0 radical (unpaired) electrons. The Bertz CT molecular complexity index is 605. The van der Waals surface area contributed by atoms with Gasteiger partial charge in [0.05, 0.1) is 11.7 Å². The number of hydrogen-bond donors (Lipinski definition) is 2. The third kappa shape index (κ3) is 3.05. The molecule has 8 atom stereocenters. The number of aliphatic hydroxyl groups is 2. The van der Waals surface area contributed by atoms with E-state index in [4.69, 9.17) is 0 Å². The van der Waals surface area contributed by atoms with Gasteiger partial charge in [0.15, 0.2) is 0 Å². The van der Waals surface area contributed by atoms with E-state index >= 15 is 0 Å². The second kappa shape index (κ2) is 6.59. The standard InChI is InChI=1S/C25H42O2/c1-16(2)15-25(5,27)22-9-8-20-19-7-6-17-14-18(26)10-12-23(17,3)21(19)11-13-24(20,22)4/h6,16,18-22,26-27H,7-15H2,1-5H3/t18-,19-,20-,21-,22-,23-,24-,25-/m0/s1. The Morgan fingerprint density at radius 3 is 2.56 bits per heavy atom. The molecular weight excluding hydrogens is 332 g/mol. The average Bonchev–Trinajstić information content (AvgIpc) is 2.92. The van der Waals surface area contributed by atoms with Gasteiger partial charge in [0.1, 0.15) is 0 Å². The number of allylic oxidation sites excluding steroid dienone is 1. The Labute approximate surface area is 166 Å². The minimum absolute atomic E-state index is 0.114. The first-order valence-electron chi connectivity index (χ1n) is 11.7. The fourth-order valence-electron chi connectivity index (χ4n) is 8.63. The van der Waals surface area contributed by atoms with Crippen molar-refractivity contribution in [2.75, 3.05) is 0 Å². The minimum Gasteiger partial charge on any atom is -0.393 e. The molecule has 4 aliphatic rings. The number of fused-ring (bicyclic) bond motifs is 5. The molecule has 4 rings (SSSR count). The zero-order chi connectivity index (χ0) is 19.6. The monoisotopic (exact) mass is 374 g/mol. The summed E-state index contributed by atoms with van der Waals surface area (Å²) in [5.41, 5.74) is 1.66. The van der Waals surface area contributed by atoms with Crippen molar-refractivity contribution in [1.29, 1.82) is 0 Å². The van der Waals surface area contributed by atoms with Gasteiger partial charge in [-0.1, -0.05) is 39.3 Å². The van der Waals surface area contributed by atoms with E-state index in [0.717, 1.165) is 37.0 Å². The number of aliphatic hydroxyl groups excluding tert-OH is 1. The van der Waals surface area contributed by atoms with Crippen molar-refractivity contribution in [3.05, 3.63) is 11.6 Å². The van der Waals surface area contributed by atoms with Crippen LogP contribution in [-0.2, 0) is 0 Å². The molecular formula is C25H42O2. The van der Waals surface area contributed by atoms with E-state index in [0.29, 0.717) is 22.7 Å². The van der Waals surface area contributed by atoms with Crippen LogP contribution < -0.4 is 0 Å². The van der Waals surface area contributed by atoms with E-state index in [1.54, 1.807) is 5.57 Å². The van der Waals surface area contributed by atoms with Gasteiger partial charge in [0.2, 0.25) is 0 Å². The highest BCUT2D eigenvalue weighted by molar-refractivity contribution is 5.25. The molecule has 0 aliphatic heterocycles. The van der Waals surface area contributed by atoms with Crippen molar-refractivity contribution in [1.82, 2.24) is 0 Å². The van der Waals surface area contributed by atoms with E-state index in [1.165, 1.54) is 38.5 Å². The van der Waals surface area contributed by atoms with Gasteiger partial charge in [-0.25, -0.2) is 0 Å². The summed E-state index contributed by atoms with van der Waals surface area (Å²) >= 11 is 0. The van der Waals surface area contributed by atoms with Crippen molar-refractivity contribution in [3.8, 4) is 0 Å². The van der Waals surface area contributed by atoms with Crippen molar-refractivity contribution in [2.24, 2.45) is 40.4 Å². The third-order valence-electron chi connectivity index (χ3n) is 9.65. The molecule has 0 aromatic heterocycles. The quantitative estimate of drug-likeness (QED) is 0.620. The Morgan fingerprint density at radius 1 is 1.11 bits per heavy atom. The Balaban J connectivity index is 1.61. The molecule has 0 bridgehead atoms. The maximum absolute atomic E-state index is 11.4. The van der Waals surface area contributed by atoms with E-state index in [-0.39, 0.29) is 6.10 Å². The summed E-state index contributed by atoms with van der Waals surface area (Å²) in [7, 11) is 0. The predicted octanol–water partition coefficient (Wildman–Crippen LogP) is 5.72. The van der Waals surface area contributed by atoms with Crippen LogP contribution in [0.15, 0.2) is 11.6 Å². The van der Waals surface area contributed by atoms with Crippen LogP contribution in [0.25, 0.3) is 0 Å². The Hall–Kier alpha value is -0.340. The van der Waals surface area contributed by atoms with E-state index in [2.05, 4.69) is 40.7 Å². The van der Waals surface area contributed by atoms with Crippen molar-refractivity contribution in [2.45, 2.75) is 104 Å². The maximum atomic E-state index is 11.4. The summed E-state index contributed by atoms with van der Waals surface area (Å²) in [6, 6.07) is 0. The van der Waals surface area contributed by atoms with Crippen LogP contribution in [0.1, 0.15) is 92.4 Å². The lowest BCUT2D eigenvalue weighted by atomic mass is 9.46. The zero-order valence-electron chi connectivity index (χ0n) is 18.3. The Kier molecular flexibility index (Phi) is 4.87. The first kappa shape index (κ1) is 20.0. The van der Waals surface area contributed by atoms with Gasteiger partial charge in [-0.2, -0.15) is 0 Å². The summed E-state index contributed by atoms with van der Waals surface area (Å²) in [5, 5.41) is 21.6. The first-order valence-corrected chi connectivity index (χ1v) is 11.7. The first-order chi connectivity index (χ1) is 12.6. The lowest BCUT2D eigenvalue weighted by Gasteiger charge is -2.59. The van der Waals surface area contributed by atoms with Crippen LogP contribution in [0.3, 0.4) is 0 Å². The molecule has 0 spiro atoms. The summed E-state index contributed by atoms with van der Waals surface area (Å²) in [5.74, 6) is 3.34.